The van der Waals surface area contributed by atoms with E-state index in [2.05, 4.69) is 32.2 Å². The van der Waals surface area contributed by atoms with Crippen LogP contribution in [-0.4, -0.2) is 132 Å². The van der Waals surface area contributed by atoms with Crippen LogP contribution in [0.25, 0.3) is 0 Å². The van der Waals surface area contributed by atoms with E-state index in [0.29, 0.717) is 107 Å². The Morgan fingerprint density at radius 3 is 0.917 bits per heavy atom. The van der Waals surface area contributed by atoms with Gasteiger partial charge in [-0.05, 0) is 186 Å². The normalized spacial score (nSPS) is 24.3. The molecule has 654 valence electrons. The first kappa shape index (κ1) is 94.8. The SMILES string of the molecule is C=CCC1(N2C=NCC2=O)CCC(CO[C@H](C)c2cc(C(F)(F)F)cc(C(F)(F)F)c2)(c2ccccc2)CC1.CCC[C@]1(N2C=NCC2=O)CC[C@@](CO[C@H](C)c2cc(C(F)(F)F)cc(C(F)(F)F)c2)(c2ccccc2)NC1.CCC[C@]1(N2C=NCC2=O)CC[C@@](CO[C@H](C)c2cc(C(F)(F)F)cc(C(F)(F)F)c2)(c2ccccc2)NC1.CCO. The van der Waals surface area contributed by atoms with Crippen LogP contribution in [-0.2, 0) is 82.1 Å². The van der Waals surface area contributed by atoms with Gasteiger partial charge >= 0.3 is 37.1 Å². The molecule has 1 saturated carbocycles. The first-order valence-corrected chi connectivity index (χ1v) is 39.4. The summed E-state index contributed by atoms with van der Waals surface area (Å²) in [5.74, 6) is -0.237. The summed E-state index contributed by atoms with van der Waals surface area (Å²) in [5.41, 5.74) is -9.70. The van der Waals surface area contributed by atoms with Crippen molar-refractivity contribution >= 4 is 36.7 Å². The van der Waals surface area contributed by atoms with Crippen LogP contribution in [0.5, 0.6) is 0 Å². The molecule has 3 amide bonds. The number of hydrogen-bond donors (Lipinski definition) is 3. The summed E-state index contributed by atoms with van der Waals surface area (Å²) in [7, 11) is 0. The number of benzene rings is 6. The van der Waals surface area contributed by atoms with Crippen LogP contribution < -0.4 is 10.6 Å². The Bertz CT molecular complexity index is 4230. The van der Waals surface area contributed by atoms with Crippen molar-refractivity contribution in [3.8, 4) is 0 Å². The van der Waals surface area contributed by atoms with Crippen molar-refractivity contribution in [2.45, 2.75) is 213 Å². The monoisotopic (exact) mass is 1710 g/mol. The first-order chi connectivity index (χ1) is 56.3. The Labute approximate surface area is 684 Å². The van der Waals surface area contributed by atoms with Gasteiger partial charge in [-0.2, -0.15) is 79.0 Å². The topological polar surface area (TPSA) is 170 Å². The lowest BCUT2D eigenvalue weighted by atomic mass is 9.63. The molecule has 3 N–H and O–H groups in total. The largest absolute Gasteiger partial charge is 0.416 e. The van der Waals surface area contributed by atoms with E-state index in [9.17, 15) is 93.4 Å². The van der Waals surface area contributed by atoms with Gasteiger partial charge in [0, 0.05) is 25.1 Å². The highest BCUT2D eigenvalue weighted by Gasteiger charge is 2.53. The predicted octanol–water partition coefficient (Wildman–Crippen LogP) is 20.5. The summed E-state index contributed by atoms with van der Waals surface area (Å²) in [6.45, 7) is 15.4. The van der Waals surface area contributed by atoms with Gasteiger partial charge in [-0.15, -0.1) is 6.58 Å². The van der Waals surface area contributed by atoms with Crippen LogP contribution in [0.2, 0.25) is 0 Å². The maximum Gasteiger partial charge on any atom is 0.416 e. The molecule has 5 heterocycles. The summed E-state index contributed by atoms with van der Waals surface area (Å²) in [6.07, 6.45) is -17.9. The van der Waals surface area contributed by atoms with E-state index >= 15 is 0 Å². The lowest BCUT2D eigenvalue weighted by Crippen LogP contribution is -2.64. The highest BCUT2D eigenvalue weighted by atomic mass is 19.4. The fourth-order valence-electron chi connectivity index (χ4n) is 16.6. The Kier molecular flexibility index (Phi) is 30.5. The number of rotatable bonds is 24. The van der Waals surface area contributed by atoms with Crippen molar-refractivity contribution in [1.82, 2.24) is 25.3 Å². The minimum absolute atomic E-state index is 0.0000172. The molecule has 0 bridgehead atoms. The number of aliphatic hydroxyl groups is 1. The molecule has 6 aromatic carbocycles. The molecule has 7 atom stereocenters. The van der Waals surface area contributed by atoms with Crippen LogP contribution in [0, 0.1) is 0 Å². The summed E-state index contributed by atoms with van der Waals surface area (Å²) in [6, 6.07) is 32.8. The predicted molar refractivity (Wildman–Crippen MR) is 416 cm³/mol. The van der Waals surface area contributed by atoms with Crippen molar-refractivity contribution in [2.75, 3.05) is 59.2 Å². The molecule has 33 heteroatoms. The Morgan fingerprint density at radius 2 is 0.675 bits per heavy atom. The molecule has 3 fully saturated rings. The van der Waals surface area contributed by atoms with Gasteiger partial charge in [-0.3, -0.25) is 44.1 Å². The molecule has 12 rings (SSSR count). The molecule has 0 aromatic heterocycles. The number of aliphatic imine (C=N–C) groups is 3. The van der Waals surface area contributed by atoms with E-state index in [-0.39, 0.29) is 98.7 Å². The van der Waals surface area contributed by atoms with Gasteiger partial charge in [-0.1, -0.05) is 124 Å². The zero-order valence-electron chi connectivity index (χ0n) is 67.0. The van der Waals surface area contributed by atoms with Crippen molar-refractivity contribution in [3.63, 3.8) is 0 Å². The second-order valence-electron chi connectivity index (χ2n) is 31.3. The molecular weight excluding hydrogens is 1610 g/mol. The maximum absolute atomic E-state index is 13.4. The minimum atomic E-state index is -4.94. The van der Waals surface area contributed by atoms with Gasteiger partial charge in [0.1, 0.15) is 19.6 Å². The van der Waals surface area contributed by atoms with E-state index in [1.807, 2.05) is 105 Å². The van der Waals surface area contributed by atoms with Gasteiger partial charge < -0.3 is 30.0 Å². The zero-order chi connectivity index (χ0) is 88.1. The van der Waals surface area contributed by atoms with E-state index in [4.69, 9.17) is 19.3 Å². The van der Waals surface area contributed by atoms with Crippen molar-refractivity contribution in [1.29, 1.82) is 0 Å². The lowest BCUT2D eigenvalue weighted by Gasteiger charge is -2.50. The van der Waals surface area contributed by atoms with Crippen LogP contribution in [0.1, 0.15) is 210 Å². The zero-order valence-corrected chi connectivity index (χ0v) is 67.0. The van der Waals surface area contributed by atoms with Crippen molar-refractivity contribution < 1.29 is 113 Å². The van der Waals surface area contributed by atoms with E-state index in [1.165, 1.54) is 20.8 Å². The third kappa shape index (κ3) is 22.6. The number of carbonyl (C=O) groups excluding carboxylic acids is 3. The number of aliphatic hydroxyl groups excluding tert-OH is 1. The Balaban J connectivity index is 0.000000201. The van der Waals surface area contributed by atoms with E-state index in [0.717, 1.165) is 42.4 Å². The molecule has 15 nitrogen and oxygen atoms in total. The number of nitrogens with one attached hydrogen (secondary N) is 2. The molecule has 6 aromatic rings. The van der Waals surface area contributed by atoms with Crippen molar-refractivity contribution in [2.24, 2.45) is 15.0 Å². The fraction of sp³-hybridized carbons (Fsp3) is 0.494. The van der Waals surface area contributed by atoms with Crippen LogP contribution in [0.4, 0.5) is 79.0 Å². The quantitative estimate of drug-likeness (QED) is 0.0394. The van der Waals surface area contributed by atoms with Gasteiger partial charge in [0.05, 0.1) is 118 Å². The highest BCUT2D eigenvalue weighted by Crippen LogP contribution is 2.51. The number of ether oxygens (including phenoxy) is 3. The Morgan fingerprint density at radius 1 is 0.408 bits per heavy atom. The molecule has 6 aliphatic rings. The van der Waals surface area contributed by atoms with E-state index in [1.54, 1.807) is 46.7 Å². The third-order valence-electron chi connectivity index (χ3n) is 23.3. The van der Waals surface area contributed by atoms with Gasteiger partial charge in [0.25, 0.3) is 0 Å². The number of halogens is 18. The minimum Gasteiger partial charge on any atom is -0.397 e. The average Bonchev–Trinajstić information content (AvgIpc) is 1.26. The van der Waals surface area contributed by atoms with Crippen LogP contribution in [0.3, 0.4) is 0 Å². The third-order valence-corrected chi connectivity index (χ3v) is 23.3. The van der Waals surface area contributed by atoms with Crippen LogP contribution >= 0.6 is 0 Å². The molecule has 5 aliphatic heterocycles. The number of nitrogens with zero attached hydrogens (tertiary/aromatic N) is 6. The first-order valence-electron chi connectivity index (χ1n) is 39.4. The second kappa shape index (κ2) is 38.6. The van der Waals surface area contributed by atoms with Crippen molar-refractivity contribution in [3.05, 3.63) is 225 Å². The maximum atomic E-state index is 13.4. The summed E-state index contributed by atoms with van der Waals surface area (Å²) in [5, 5.41) is 14.7. The number of amides is 3. The van der Waals surface area contributed by atoms with Gasteiger partial charge in [0.15, 0.2) is 0 Å². The van der Waals surface area contributed by atoms with Crippen LogP contribution in [0.15, 0.2) is 173 Å². The van der Waals surface area contributed by atoms with E-state index < -0.39 is 122 Å². The number of piperidine rings is 2. The smallest absolute Gasteiger partial charge is 0.397 e. The molecule has 2 saturated heterocycles. The molecular formula is C87H98F18N8O7. The summed E-state index contributed by atoms with van der Waals surface area (Å²) in [4.78, 5) is 55.1. The number of carbonyl (C=O) groups is 3. The summed E-state index contributed by atoms with van der Waals surface area (Å²) >= 11 is 0. The standard InChI is InChI=1S/C29H30F6N2O2.2C28H31F6N3O2.C2H6O/c1-3-9-27(37-19-36-17-25(37)38)12-10-26(11-13-27,22-7-5-4-6-8-22)18-39-20(2)21-14-23(28(30,31)32)16-24(15-21)29(33,34)35;2*1-3-9-25(37-18-35-15-24(37)38)10-11-26(36-16-25,21-7-5-4-6-8-21)17-39-19(2)20-12-22(27(29,30)31)14-23(13-20)28(32,33)34;1-2-3/h3-8,14-16,19-20H,1,9-13,17-18H2,2H3;2*4-8,12-14,18-19,36H,3,9-11,15-17H2,1-2H3;3H,2H2,1H3/t20-,26?,27?;2*19-,25+,26-;/m111./s1. The average molecular weight is 1710 g/mol. The number of hydrogen-bond acceptors (Lipinski definition) is 12. The fourth-order valence-corrected chi connectivity index (χ4v) is 16.6. The molecule has 0 unspecified atom stereocenters. The second-order valence-corrected chi connectivity index (χ2v) is 31.3. The molecule has 0 spiro atoms. The molecule has 0 radical (unpaired) electrons. The molecule has 120 heavy (non-hydrogen) atoms. The van der Waals surface area contributed by atoms with Gasteiger partial charge in [0.2, 0.25) is 17.7 Å². The molecule has 1 aliphatic carbocycles. The highest BCUT2D eigenvalue weighted by molar-refractivity contribution is 5.96. The Hall–Kier alpha value is -9.02. The number of alkyl halides is 18. The van der Waals surface area contributed by atoms with Gasteiger partial charge in [-0.25, -0.2) is 0 Å². The summed E-state index contributed by atoms with van der Waals surface area (Å²) < 4.78 is 259. The lowest BCUT2D eigenvalue weighted by molar-refractivity contribution is -0.145.